The highest BCUT2D eigenvalue weighted by atomic mass is 35.5. The van der Waals surface area contributed by atoms with Crippen molar-refractivity contribution in [1.82, 2.24) is 4.98 Å². The maximum Gasteiger partial charge on any atom is 0.270 e. The first-order chi connectivity index (χ1) is 13.4. The molecule has 2 aromatic carbocycles. The average Bonchev–Trinajstić information content (AvgIpc) is 3.15. The SMILES string of the molecule is COc1ccc(OC)c(-c2csc(NC(=O)c3ccc([N+](=O)[O-])cc3Cl)n2)c1. The predicted molar refractivity (Wildman–Crippen MR) is 107 cm³/mol. The number of hydrogen-bond donors (Lipinski definition) is 1. The van der Waals surface area contributed by atoms with Crippen LogP contribution in [0.1, 0.15) is 10.4 Å². The number of non-ortho nitro benzene ring substituents is 1. The summed E-state index contributed by atoms with van der Waals surface area (Å²) in [5.74, 6) is 0.743. The van der Waals surface area contributed by atoms with Gasteiger partial charge in [-0.1, -0.05) is 11.6 Å². The Morgan fingerprint density at radius 1 is 1.21 bits per heavy atom. The van der Waals surface area contributed by atoms with Crippen LogP contribution in [0.5, 0.6) is 11.5 Å². The molecule has 0 fully saturated rings. The van der Waals surface area contributed by atoms with Gasteiger partial charge in [0.2, 0.25) is 0 Å². The van der Waals surface area contributed by atoms with Gasteiger partial charge in [-0.15, -0.1) is 11.3 Å². The van der Waals surface area contributed by atoms with Gasteiger partial charge in [-0.05, 0) is 24.3 Å². The van der Waals surface area contributed by atoms with E-state index in [0.29, 0.717) is 27.9 Å². The third-order valence-corrected chi connectivity index (χ3v) is 4.89. The molecular formula is C18H14ClN3O5S. The summed E-state index contributed by atoms with van der Waals surface area (Å²) in [6.45, 7) is 0. The standard InChI is InChI=1S/C18H14ClN3O5S/c1-26-11-4-6-16(27-2)13(8-11)15-9-28-18(20-15)21-17(23)12-5-3-10(22(24)25)7-14(12)19/h3-9H,1-2H3,(H,20,21,23). The summed E-state index contributed by atoms with van der Waals surface area (Å²) in [6.07, 6.45) is 0. The number of amides is 1. The number of hydrogen-bond acceptors (Lipinski definition) is 7. The Hall–Kier alpha value is -3.17. The first kappa shape index (κ1) is 19.6. The minimum absolute atomic E-state index is 0.0158. The second kappa shape index (κ2) is 8.24. The van der Waals surface area contributed by atoms with E-state index in [1.165, 1.54) is 23.5 Å². The molecule has 0 spiro atoms. The number of nitro groups is 1. The highest BCUT2D eigenvalue weighted by molar-refractivity contribution is 7.14. The first-order valence-corrected chi connectivity index (χ1v) is 9.12. The van der Waals surface area contributed by atoms with Crippen LogP contribution < -0.4 is 14.8 Å². The third kappa shape index (κ3) is 4.05. The van der Waals surface area contributed by atoms with Gasteiger partial charge in [0.05, 0.1) is 35.4 Å². The number of methoxy groups -OCH3 is 2. The van der Waals surface area contributed by atoms with Crippen LogP contribution in [0.2, 0.25) is 5.02 Å². The Morgan fingerprint density at radius 2 is 2.00 bits per heavy atom. The van der Waals surface area contributed by atoms with Crippen molar-refractivity contribution in [1.29, 1.82) is 0 Å². The Balaban J connectivity index is 1.84. The maximum absolute atomic E-state index is 12.4. The van der Waals surface area contributed by atoms with Crippen LogP contribution in [0.4, 0.5) is 10.8 Å². The van der Waals surface area contributed by atoms with Gasteiger partial charge in [0, 0.05) is 23.1 Å². The van der Waals surface area contributed by atoms with E-state index in [2.05, 4.69) is 10.3 Å². The van der Waals surface area contributed by atoms with E-state index in [1.807, 2.05) is 0 Å². The summed E-state index contributed by atoms with van der Waals surface area (Å²) in [6, 6.07) is 8.97. The van der Waals surface area contributed by atoms with Gasteiger partial charge in [0.25, 0.3) is 11.6 Å². The van der Waals surface area contributed by atoms with Crippen molar-refractivity contribution in [2.75, 3.05) is 19.5 Å². The van der Waals surface area contributed by atoms with Gasteiger partial charge in [-0.25, -0.2) is 4.98 Å². The zero-order valence-corrected chi connectivity index (χ0v) is 16.3. The molecule has 1 amide bonds. The lowest BCUT2D eigenvalue weighted by Gasteiger charge is -2.08. The molecule has 0 aliphatic rings. The molecule has 0 atom stereocenters. The van der Waals surface area contributed by atoms with Crippen molar-refractivity contribution >= 4 is 39.7 Å². The number of halogens is 1. The number of carbonyl (C=O) groups excluding carboxylic acids is 1. The van der Waals surface area contributed by atoms with Crippen molar-refractivity contribution in [3.8, 4) is 22.8 Å². The van der Waals surface area contributed by atoms with Gasteiger partial charge >= 0.3 is 0 Å². The molecule has 0 saturated carbocycles. The summed E-state index contributed by atoms with van der Waals surface area (Å²) in [4.78, 5) is 27.0. The maximum atomic E-state index is 12.4. The van der Waals surface area contributed by atoms with Gasteiger partial charge < -0.3 is 9.47 Å². The van der Waals surface area contributed by atoms with E-state index in [9.17, 15) is 14.9 Å². The lowest BCUT2D eigenvalue weighted by Crippen LogP contribution is -2.12. The van der Waals surface area contributed by atoms with Crippen LogP contribution in [0.25, 0.3) is 11.3 Å². The molecule has 0 radical (unpaired) electrons. The molecule has 3 aromatic rings. The lowest BCUT2D eigenvalue weighted by molar-refractivity contribution is -0.384. The number of aromatic nitrogens is 1. The number of benzene rings is 2. The van der Waals surface area contributed by atoms with Crippen LogP contribution >= 0.6 is 22.9 Å². The number of anilines is 1. The minimum Gasteiger partial charge on any atom is -0.497 e. The van der Waals surface area contributed by atoms with Gasteiger partial charge in [0.1, 0.15) is 11.5 Å². The van der Waals surface area contributed by atoms with Crippen LogP contribution in [-0.2, 0) is 0 Å². The van der Waals surface area contributed by atoms with Crippen LogP contribution in [-0.4, -0.2) is 30.0 Å². The normalized spacial score (nSPS) is 10.4. The van der Waals surface area contributed by atoms with Gasteiger partial charge in [0.15, 0.2) is 5.13 Å². The molecule has 1 N–H and O–H groups in total. The molecule has 0 aliphatic heterocycles. The zero-order valence-electron chi connectivity index (χ0n) is 14.8. The summed E-state index contributed by atoms with van der Waals surface area (Å²) in [5, 5.41) is 15.5. The fraction of sp³-hybridized carbons (Fsp3) is 0.111. The largest absolute Gasteiger partial charge is 0.497 e. The molecule has 10 heteroatoms. The van der Waals surface area contributed by atoms with Gasteiger partial charge in [-0.2, -0.15) is 0 Å². The van der Waals surface area contributed by atoms with Crippen LogP contribution in [0, 0.1) is 10.1 Å². The summed E-state index contributed by atoms with van der Waals surface area (Å²) < 4.78 is 10.6. The second-order valence-electron chi connectivity index (χ2n) is 5.48. The smallest absolute Gasteiger partial charge is 0.270 e. The Bertz CT molecular complexity index is 1050. The molecule has 1 heterocycles. The summed E-state index contributed by atoms with van der Waals surface area (Å²) in [7, 11) is 3.11. The number of rotatable bonds is 6. The number of nitrogens with zero attached hydrogens (tertiary/aromatic N) is 2. The quantitative estimate of drug-likeness (QED) is 0.461. The van der Waals surface area contributed by atoms with E-state index in [4.69, 9.17) is 21.1 Å². The Labute approximate surface area is 168 Å². The molecule has 28 heavy (non-hydrogen) atoms. The van der Waals surface area contributed by atoms with E-state index in [1.54, 1.807) is 37.8 Å². The molecular weight excluding hydrogens is 406 g/mol. The fourth-order valence-electron chi connectivity index (χ4n) is 2.44. The Morgan fingerprint density at radius 3 is 2.64 bits per heavy atom. The fourth-order valence-corrected chi connectivity index (χ4v) is 3.40. The van der Waals surface area contributed by atoms with E-state index in [0.717, 1.165) is 6.07 Å². The third-order valence-electron chi connectivity index (χ3n) is 3.82. The van der Waals surface area contributed by atoms with E-state index in [-0.39, 0.29) is 16.3 Å². The highest BCUT2D eigenvalue weighted by Crippen LogP contribution is 2.35. The highest BCUT2D eigenvalue weighted by Gasteiger charge is 2.17. The molecule has 1 aromatic heterocycles. The van der Waals surface area contributed by atoms with Crippen molar-refractivity contribution < 1.29 is 19.2 Å². The molecule has 3 rings (SSSR count). The number of carbonyl (C=O) groups is 1. The van der Waals surface area contributed by atoms with E-state index >= 15 is 0 Å². The monoisotopic (exact) mass is 419 g/mol. The zero-order chi connectivity index (χ0) is 20.3. The molecule has 8 nitrogen and oxygen atoms in total. The topological polar surface area (TPSA) is 104 Å². The van der Waals surface area contributed by atoms with Crippen molar-refractivity contribution in [3.63, 3.8) is 0 Å². The predicted octanol–water partition coefficient (Wildman–Crippen LogP) is 4.64. The van der Waals surface area contributed by atoms with Crippen LogP contribution in [0.3, 0.4) is 0 Å². The van der Waals surface area contributed by atoms with Crippen molar-refractivity contribution in [2.24, 2.45) is 0 Å². The Kier molecular flexibility index (Phi) is 5.76. The molecule has 0 bridgehead atoms. The second-order valence-corrected chi connectivity index (χ2v) is 6.74. The van der Waals surface area contributed by atoms with Crippen molar-refractivity contribution in [3.05, 3.63) is 62.5 Å². The average molecular weight is 420 g/mol. The summed E-state index contributed by atoms with van der Waals surface area (Å²) >= 11 is 7.22. The minimum atomic E-state index is -0.581. The summed E-state index contributed by atoms with van der Waals surface area (Å²) in [5.41, 5.74) is 1.24. The first-order valence-electron chi connectivity index (χ1n) is 7.86. The number of nitrogens with one attached hydrogen (secondary N) is 1. The number of ether oxygens (including phenoxy) is 2. The van der Waals surface area contributed by atoms with Crippen LogP contribution in [0.15, 0.2) is 41.8 Å². The number of thiazole rings is 1. The van der Waals surface area contributed by atoms with E-state index < -0.39 is 10.8 Å². The van der Waals surface area contributed by atoms with Gasteiger partial charge in [-0.3, -0.25) is 20.2 Å². The molecule has 0 aliphatic carbocycles. The number of nitro benzene ring substituents is 1. The van der Waals surface area contributed by atoms with Crippen molar-refractivity contribution in [2.45, 2.75) is 0 Å². The lowest BCUT2D eigenvalue weighted by atomic mass is 10.1. The molecule has 144 valence electrons. The molecule has 0 unspecified atom stereocenters. The molecule has 0 saturated heterocycles.